The van der Waals surface area contributed by atoms with E-state index >= 15 is 0 Å². The molecule has 0 unspecified atom stereocenters. The largest absolute Gasteiger partial charge is 0.490 e. The Morgan fingerprint density at radius 2 is 2.38 bits per heavy atom. The van der Waals surface area contributed by atoms with Gasteiger partial charge in [-0.05, 0) is 30.3 Å². The summed E-state index contributed by atoms with van der Waals surface area (Å²) in [4.78, 5) is 0. The SMILES string of the molecule is COc1c(N)nsc1NCCOCC1CC1. The molecule has 1 aliphatic rings. The Morgan fingerprint density at radius 1 is 1.56 bits per heavy atom. The fraction of sp³-hybridized carbons (Fsp3) is 0.700. The van der Waals surface area contributed by atoms with Crippen molar-refractivity contribution in [2.24, 2.45) is 5.92 Å². The molecule has 0 aliphatic heterocycles. The van der Waals surface area contributed by atoms with Crippen molar-refractivity contribution in [3.63, 3.8) is 0 Å². The van der Waals surface area contributed by atoms with Crippen LogP contribution < -0.4 is 15.8 Å². The summed E-state index contributed by atoms with van der Waals surface area (Å²) in [5.74, 6) is 1.88. The number of hydrogen-bond acceptors (Lipinski definition) is 6. The number of nitrogens with zero attached hydrogens (tertiary/aromatic N) is 1. The Kier molecular flexibility index (Phi) is 3.84. The predicted octanol–water partition coefficient (Wildman–Crippen LogP) is 1.57. The monoisotopic (exact) mass is 243 g/mol. The Balaban J connectivity index is 1.67. The van der Waals surface area contributed by atoms with Crippen LogP contribution in [0, 0.1) is 5.92 Å². The number of aromatic nitrogens is 1. The van der Waals surface area contributed by atoms with Gasteiger partial charge in [-0.25, -0.2) is 0 Å². The first-order chi connectivity index (χ1) is 7.81. The first kappa shape index (κ1) is 11.5. The van der Waals surface area contributed by atoms with Crippen LogP contribution in [0.25, 0.3) is 0 Å². The summed E-state index contributed by atoms with van der Waals surface area (Å²) in [7, 11) is 1.59. The van der Waals surface area contributed by atoms with Crippen LogP contribution in [0.4, 0.5) is 10.8 Å². The molecule has 1 aliphatic carbocycles. The summed E-state index contributed by atoms with van der Waals surface area (Å²) in [6.07, 6.45) is 2.65. The lowest BCUT2D eigenvalue weighted by Gasteiger charge is -2.06. The molecule has 0 radical (unpaired) electrons. The lowest BCUT2D eigenvalue weighted by Crippen LogP contribution is -2.10. The van der Waals surface area contributed by atoms with Crippen molar-refractivity contribution in [3.05, 3.63) is 0 Å². The van der Waals surface area contributed by atoms with E-state index in [2.05, 4.69) is 9.69 Å². The quantitative estimate of drug-likeness (QED) is 0.711. The van der Waals surface area contributed by atoms with Gasteiger partial charge in [-0.3, -0.25) is 0 Å². The first-order valence-electron chi connectivity index (χ1n) is 5.42. The van der Waals surface area contributed by atoms with Crippen LogP contribution in [0.5, 0.6) is 5.75 Å². The van der Waals surface area contributed by atoms with E-state index in [4.69, 9.17) is 15.2 Å². The second-order valence-corrected chi connectivity index (χ2v) is 4.65. The van der Waals surface area contributed by atoms with Gasteiger partial charge >= 0.3 is 0 Å². The molecule has 3 N–H and O–H groups in total. The number of methoxy groups -OCH3 is 1. The minimum absolute atomic E-state index is 0.439. The van der Waals surface area contributed by atoms with Gasteiger partial charge in [0, 0.05) is 13.2 Å². The molecule has 2 rings (SSSR count). The number of anilines is 2. The second-order valence-electron chi connectivity index (χ2n) is 3.88. The van der Waals surface area contributed by atoms with Gasteiger partial charge in [0.05, 0.1) is 13.7 Å². The molecule has 1 saturated carbocycles. The molecule has 1 fully saturated rings. The van der Waals surface area contributed by atoms with Crippen molar-refractivity contribution in [2.45, 2.75) is 12.8 Å². The summed E-state index contributed by atoms with van der Waals surface area (Å²) in [5.41, 5.74) is 5.63. The molecule has 0 spiro atoms. The summed E-state index contributed by atoms with van der Waals surface area (Å²) in [5, 5.41) is 4.08. The van der Waals surface area contributed by atoms with E-state index in [1.807, 2.05) is 0 Å². The van der Waals surface area contributed by atoms with Crippen LogP contribution in [0.3, 0.4) is 0 Å². The molecule has 0 atom stereocenters. The topological polar surface area (TPSA) is 69.4 Å². The van der Waals surface area contributed by atoms with Gasteiger partial charge in [0.1, 0.15) is 0 Å². The molecule has 1 aromatic heterocycles. The van der Waals surface area contributed by atoms with Gasteiger partial charge in [-0.15, -0.1) is 0 Å². The first-order valence-corrected chi connectivity index (χ1v) is 6.19. The minimum atomic E-state index is 0.439. The Morgan fingerprint density at radius 3 is 3.06 bits per heavy atom. The maximum Gasteiger partial charge on any atom is 0.197 e. The summed E-state index contributed by atoms with van der Waals surface area (Å²) in [6, 6.07) is 0. The summed E-state index contributed by atoms with van der Waals surface area (Å²) in [6.45, 7) is 2.35. The normalized spacial score (nSPS) is 15.1. The predicted molar refractivity (Wildman–Crippen MR) is 65.1 cm³/mol. The van der Waals surface area contributed by atoms with Crippen molar-refractivity contribution in [3.8, 4) is 5.75 Å². The molecule has 0 bridgehead atoms. The molecule has 1 aromatic rings. The van der Waals surface area contributed by atoms with Crippen molar-refractivity contribution < 1.29 is 9.47 Å². The molecule has 90 valence electrons. The number of nitrogens with one attached hydrogen (secondary N) is 1. The van der Waals surface area contributed by atoms with Crippen LogP contribution in [-0.2, 0) is 4.74 Å². The highest BCUT2D eigenvalue weighted by Gasteiger charge is 2.20. The highest BCUT2D eigenvalue weighted by atomic mass is 32.1. The van der Waals surface area contributed by atoms with Crippen molar-refractivity contribution >= 4 is 22.4 Å². The van der Waals surface area contributed by atoms with E-state index in [1.54, 1.807) is 7.11 Å². The molecule has 16 heavy (non-hydrogen) atoms. The van der Waals surface area contributed by atoms with Gasteiger partial charge in [-0.2, -0.15) is 4.37 Å². The van der Waals surface area contributed by atoms with Gasteiger partial charge in [-0.1, -0.05) is 0 Å². The average Bonchev–Trinajstić information content (AvgIpc) is 3.03. The smallest absolute Gasteiger partial charge is 0.197 e. The van der Waals surface area contributed by atoms with Crippen molar-refractivity contribution in [2.75, 3.05) is 37.9 Å². The zero-order chi connectivity index (χ0) is 11.4. The third kappa shape index (κ3) is 2.99. The average molecular weight is 243 g/mol. The minimum Gasteiger partial charge on any atom is -0.490 e. The highest BCUT2D eigenvalue weighted by molar-refractivity contribution is 7.11. The van der Waals surface area contributed by atoms with Crippen molar-refractivity contribution in [1.82, 2.24) is 4.37 Å². The van der Waals surface area contributed by atoms with E-state index in [-0.39, 0.29) is 0 Å². The van der Waals surface area contributed by atoms with E-state index in [0.29, 0.717) is 18.2 Å². The number of ether oxygens (including phenoxy) is 2. The van der Waals surface area contributed by atoms with Gasteiger partial charge in [0.25, 0.3) is 0 Å². The standard InChI is InChI=1S/C10H17N3O2S/c1-14-8-9(11)13-16-10(8)12-4-5-15-6-7-2-3-7/h7,12H,2-6H2,1H3,(H2,11,13). The Bertz CT molecular complexity index is 339. The number of rotatable bonds is 7. The van der Waals surface area contributed by atoms with Crippen molar-refractivity contribution in [1.29, 1.82) is 0 Å². The second kappa shape index (κ2) is 5.36. The van der Waals surface area contributed by atoms with Crippen LogP contribution >= 0.6 is 11.5 Å². The number of nitrogen functional groups attached to an aromatic ring is 1. The zero-order valence-electron chi connectivity index (χ0n) is 9.36. The molecule has 0 saturated heterocycles. The Hall–Kier alpha value is -1.01. The molecular formula is C10H17N3O2S. The molecule has 0 aromatic carbocycles. The zero-order valence-corrected chi connectivity index (χ0v) is 10.2. The maximum atomic E-state index is 5.63. The third-order valence-corrected chi connectivity index (χ3v) is 3.26. The van der Waals surface area contributed by atoms with E-state index in [9.17, 15) is 0 Å². The molecule has 1 heterocycles. The summed E-state index contributed by atoms with van der Waals surface area (Å²) >= 11 is 1.31. The Labute approximate surface area is 99.1 Å². The summed E-state index contributed by atoms with van der Waals surface area (Å²) < 4.78 is 14.7. The lowest BCUT2D eigenvalue weighted by atomic mass is 10.5. The number of hydrogen-bond donors (Lipinski definition) is 2. The fourth-order valence-electron chi connectivity index (χ4n) is 1.38. The van der Waals surface area contributed by atoms with E-state index in [0.717, 1.165) is 24.1 Å². The lowest BCUT2D eigenvalue weighted by molar-refractivity contribution is 0.134. The molecule has 5 nitrogen and oxygen atoms in total. The fourth-order valence-corrected chi connectivity index (χ4v) is 2.09. The molecule has 0 amide bonds. The van der Waals surface area contributed by atoms with Gasteiger partial charge < -0.3 is 20.5 Å². The van der Waals surface area contributed by atoms with E-state index in [1.165, 1.54) is 24.4 Å². The van der Waals surface area contributed by atoms with Gasteiger partial charge in [0.15, 0.2) is 16.6 Å². The van der Waals surface area contributed by atoms with E-state index < -0.39 is 0 Å². The van der Waals surface area contributed by atoms with Gasteiger partial charge in [0.2, 0.25) is 0 Å². The maximum absolute atomic E-state index is 5.63. The van der Waals surface area contributed by atoms with Crippen LogP contribution in [0.1, 0.15) is 12.8 Å². The van der Waals surface area contributed by atoms with Crippen LogP contribution in [-0.4, -0.2) is 31.2 Å². The third-order valence-electron chi connectivity index (χ3n) is 2.46. The van der Waals surface area contributed by atoms with Crippen LogP contribution in [0.15, 0.2) is 0 Å². The van der Waals surface area contributed by atoms with Crippen LogP contribution in [0.2, 0.25) is 0 Å². The number of nitrogens with two attached hydrogens (primary N) is 1. The highest BCUT2D eigenvalue weighted by Crippen LogP contribution is 2.34. The molecular weight excluding hydrogens is 226 g/mol. The molecule has 6 heteroatoms.